The largest absolute Gasteiger partial charge is 0.394 e. The van der Waals surface area contributed by atoms with Crippen molar-refractivity contribution in [1.82, 2.24) is 0 Å². The van der Waals surface area contributed by atoms with Crippen molar-refractivity contribution in [2.75, 3.05) is 27.4 Å². The van der Waals surface area contributed by atoms with E-state index in [0.29, 0.717) is 6.61 Å². The third-order valence-electron chi connectivity index (χ3n) is 2.31. The summed E-state index contributed by atoms with van der Waals surface area (Å²) in [7, 11) is 3.03. The molecule has 1 aliphatic heterocycles. The minimum Gasteiger partial charge on any atom is -0.394 e. The molecule has 5 heteroatoms. The Morgan fingerprint density at radius 2 is 2.08 bits per heavy atom. The maximum atomic E-state index is 9.64. The summed E-state index contributed by atoms with van der Waals surface area (Å²) in [5.41, 5.74) is 0. The Morgan fingerprint density at radius 3 is 2.54 bits per heavy atom. The van der Waals surface area contributed by atoms with E-state index in [-0.39, 0.29) is 12.7 Å². The van der Waals surface area contributed by atoms with Crippen LogP contribution in [0.1, 0.15) is 0 Å². The van der Waals surface area contributed by atoms with E-state index in [1.165, 1.54) is 14.2 Å². The second-order valence-electron chi connectivity index (χ2n) is 3.02. The lowest BCUT2D eigenvalue weighted by atomic mass is 10.0. The molecule has 1 aliphatic rings. The number of hydrogen-bond acceptors (Lipinski definition) is 5. The molecule has 0 amide bonds. The minimum absolute atomic E-state index is 0.211. The Labute approximate surface area is 77.2 Å². The third kappa shape index (κ3) is 2.18. The van der Waals surface area contributed by atoms with Gasteiger partial charge in [-0.2, -0.15) is 0 Å². The van der Waals surface area contributed by atoms with Crippen LogP contribution in [0.15, 0.2) is 0 Å². The average molecular weight is 192 g/mol. The van der Waals surface area contributed by atoms with E-state index in [1.807, 2.05) is 0 Å². The molecule has 1 rings (SSSR count). The van der Waals surface area contributed by atoms with E-state index >= 15 is 0 Å². The van der Waals surface area contributed by atoms with Crippen LogP contribution >= 0.6 is 0 Å². The van der Waals surface area contributed by atoms with Gasteiger partial charge in [0, 0.05) is 14.2 Å². The second-order valence-corrected chi connectivity index (χ2v) is 3.02. The van der Waals surface area contributed by atoms with Crippen molar-refractivity contribution < 1.29 is 24.4 Å². The van der Waals surface area contributed by atoms with Crippen LogP contribution in [0, 0.1) is 0 Å². The first-order chi connectivity index (χ1) is 6.24. The monoisotopic (exact) mass is 192 g/mol. The Balaban J connectivity index is 2.59. The Hall–Kier alpha value is -0.200. The Kier molecular flexibility index (Phi) is 4.08. The maximum absolute atomic E-state index is 9.64. The molecule has 1 heterocycles. The molecular formula is C8H16O5. The molecule has 78 valence electrons. The van der Waals surface area contributed by atoms with Crippen molar-refractivity contribution in [2.45, 2.75) is 24.4 Å². The zero-order valence-corrected chi connectivity index (χ0v) is 7.84. The van der Waals surface area contributed by atoms with E-state index in [2.05, 4.69) is 0 Å². The van der Waals surface area contributed by atoms with Gasteiger partial charge in [-0.3, -0.25) is 0 Å². The Morgan fingerprint density at radius 1 is 1.38 bits per heavy atom. The van der Waals surface area contributed by atoms with Gasteiger partial charge >= 0.3 is 0 Å². The molecule has 13 heavy (non-hydrogen) atoms. The summed E-state index contributed by atoms with van der Waals surface area (Å²) in [5.74, 6) is 0. The first-order valence-electron chi connectivity index (χ1n) is 4.20. The summed E-state index contributed by atoms with van der Waals surface area (Å²) >= 11 is 0. The minimum atomic E-state index is -0.839. The van der Waals surface area contributed by atoms with E-state index < -0.39 is 18.3 Å². The summed E-state index contributed by atoms with van der Waals surface area (Å²) in [4.78, 5) is 0. The van der Waals surface area contributed by atoms with Crippen LogP contribution in [0.25, 0.3) is 0 Å². The van der Waals surface area contributed by atoms with Crippen LogP contribution < -0.4 is 0 Å². The molecule has 1 saturated heterocycles. The number of hydrogen-bond donors (Lipinski definition) is 2. The Bertz CT molecular complexity index is 151. The number of aliphatic hydroxyl groups excluding tert-OH is 2. The quantitative estimate of drug-likeness (QED) is 0.586. The van der Waals surface area contributed by atoms with Gasteiger partial charge in [-0.15, -0.1) is 0 Å². The van der Waals surface area contributed by atoms with Gasteiger partial charge in [0.15, 0.2) is 0 Å². The first kappa shape index (κ1) is 10.9. The van der Waals surface area contributed by atoms with Crippen molar-refractivity contribution in [3.63, 3.8) is 0 Å². The van der Waals surface area contributed by atoms with E-state index in [9.17, 15) is 5.11 Å². The van der Waals surface area contributed by atoms with Crippen LogP contribution in [-0.2, 0) is 14.2 Å². The predicted molar refractivity (Wildman–Crippen MR) is 44.4 cm³/mol. The summed E-state index contributed by atoms with van der Waals surface area (Å²) in [5, 5.41) is 18.5. The van der Waals surface area contributed by atoms with Crippen LogP contribution in [0.2, 0.25) is 0 Å². The molecule has 0 aromatic heterocycles. The molecule has 2 N–H and O–H groups in total. The molecule has 0 aromatic carbocycles. The van der Waals surface area contributed by atoms with Gasteiger partial charge in [0.1, 0.15) is 24.4 Å². The highest BCUT2D eigenvalue weighted by atomic mass is 16.6. The normalized spacial score (nSPS) is 40.6. The van der Waals surface area contributed by atoms with Crippen LogP contribution in [0.4, 0.5) is 0 Å². The fraction of sp³-hybridized carbons (Fsp3) is 1.00. The lowest BCUT2D eigenvalue weighted by Gasteiger charge is -2.37. The lowest BCUT2D eigenvalue weighted by Crippen LogP contribution is -2.55. The zero-order chi connectivity index (χ0) is 9.84. The predicted octanol–water partition coefficient (Wildman–Crippen LogP) is -1.23. The number of aliphatic hydroxyl groups is 2. The van der Waals surface area contributed by atoms with Crippen LogP contribution in [-0.4, -0.2) is 62.1 Å². The van der Waals surface area contributed by atoms with Gasteiger partial charge in [0.2, 0.25) is 0 Å². The molecule has 0 bridgehead atoms. The molecule has 0 spiro atoms. The highest BCUT2D eigenvalue weighted by Crippen LogP contribution is 2.19. The third-order valence-corrected chi connectivity index (χ3v) is 2.31. The SMILES string of the molecule is COC1COC(CO)C(O)C1OC. The lowest BCUT2D eigenvalue weighted by molar-refractivity contribution is -0.210. The van der Waals surface area contributed by atoms with Gasteiger partial charge in [-0.05, 0) is 0 Å². The standard InChI is InChI=1S/C8H16O5/c1-11-6-4-13-5(3-9)7(10)8(6)12-2/h5-10H,3-4H2,1-2H3. The molecule has 0 radical (unpaired) electrons. The topological polar surface area (TPSA) is 68.2 Å². The van der Waals surface area contributed by atoms with Crippen LogP contribution in [0.5, 0.6) is 0 Å². The fourth-order valence-corrected chi connectivity index (χ4v) is 1.50. The molecule has 4 atom stereocenters. The van der Waals surface area contributed by atoms with Crippen molar-refractivity contribution >= 4 is 0 Å². The summed E-state index contributed by atoms with van der Waals surface area (Å²) in [6, 6.07) is 0. The van der Waals surface area contributed by atoms with Gasteiger partial charge in [-0.1, -0.05) is 0 Å². The highest BCUT2D eigenvalue weighted by molar-refractivity contribution is 4.88. The number of rotatable bonds is 3. The molecule has 0 aromatic rings. The fourth-order valence-electron chi connectivity index (χ4n) is 1.50. The van der Waals surface area contributed by atoms with Crippen molar-refractivity contribution in [3.8, 4) is 0 Å². The molecule has 5 nitrogen and oxygen atoms in total. The van der Waals surface area contributed by atoms with E-state index in [4.69, 9.17) is 19.3 Å². The van der Waals surface area contributed by atoms with Gasteiger partial charge in [0.25, 0.3) is 0 Å². The maximum Gasteiger partial charge on any atom is 0.114 e. The molecular weight excluding hydrogens is 176 g/mol. The smallest absolute Gasteiger partial charge is 0.114 e. The van der Waals surface area contributed by atoms with E-state index in [1.54, 1.807) is 0 Å². The van der Waals surface area contributed by atoms with Crippen LogP contribution in [0.3, 0.4) is 0 Å². The van der Waals surface area contributed by atoms with E-state index in [0.717, 1.165) is 0 Å². The van der Waals surface area contributed by atoms with Crippen molar-refractivity contribution in [1.29, 1.82) is 0 Å². The first-order valence-corrected chi connectivity index (χ1v) is 4.20. The van der Waals surface area contributed by atoms with Gasteiger partial charge in [-0.25, -0.2) is 0 Å². The highest BCUT2D eigenvalue weighted by Gasteiger charge is 2.39. The van der Waals surface area contributed by atoms with Crippen molar-refractivity contribution in [3.05, 3.63) is 0 Å². The molecule has 1 fully saturated rings. The number of ether oxygens (including phenoxy) is 3. The molecule has 0 saturated carbocycles. The van der Waals surface area contributed by atoms with Crippen molar-refractivity contribution in [2.24, 2.45) is 0 Å². The molecule has 4 unspecified atom stereocenters. The molecule has 0 aliphatic carbocycles. The second kappa shape index (κ2) is 4.88. The summed E-state index contributed by atoms with van der Waals surface area (Å²) < 4.78 is 15.3. The van der Waals surface area contributed by atoms with Gasteiger partial charge < -0.3 is 24.4 Å². The average Bonchev–Trinajstić information content (AvgIpc) is 2.17. The number of methoxy groups -OCH3 is 2. The summed E-state index contributed by atoms with van der Waals surface area (Å²) in [6.45, 7) is 0.120. The summed E-state index contributed by atoms with van der Waals surface area (Å²) in [6.07, 6.45) is -2.12. The zero-order valence-electron chi connectivity index (χ0n) is 7.84. The van der Waals surface area contributed by atoms with Gasteiger partial charge in [0.05, 0.1) is 13.2 Å².